The molecule has 112 valence electrons. The zero-order valence-electron chi connectivity index (χ0n) is 12.7. The molecular formula is C17H23N3O. The Balaban J connectivity index is 1.87. The molecule has 0 radical (unpaired) electrons. The van der Waals surface area contributed by atoms with Gasteiger partial charge < -0.3 is 4.90 Å². The van der Waals surface area contributed by atoms with E-state index in [2.05, 4.69) is 35.2 Å². The minimum absolute atomic E-state index is 0.116. The second kappa shape index (κ2) is 7.80. The fourth-order valence-corrected chi connectivity index (χ4v) is 2.86. The molecule has 4 heteroatoms. The molecule has 1 aliphatic heterocycles. The average Bonchev–Trinajstić information content (AvgIpc) is 2.92. The summed E-state index contributed by atoms with van der Waals surface area (Å²) in [5.41, 5.74) is 1.33. The molecule has 1 amide bonds. The summed E-state index contributed by atoms with van der Waals surface area (Å²) in [5.74, 6) is 0.116. The highest BCUT2D eigenvalue weighted by atomic mass is 16.2. The van der Waals surface area contributed by atoms with Gasteiger partial charge in [0.25, 0.3) is 0 Å². The number of likely N-dealkylation sites (tertiary alicyclic amines) is 1. The molecule has 1 heterocycles. The van der Waals surface area contributed by atoms with Crippen LogP contribution in [0, 0.1) is 11.3 Å². The second-order valence-electron chi connectivity index (χ2n) is 5.68. The van der Waals surface area contributed by atoms with Crippen LogP contribution in [0.2, 0.25) is 0 Å². The van der Waals surface area contributed by atoms with Gasteiger partial charge in [-0.2, -0.15) is 5.26 Å². The number of carbonyl (C=O) groups excluding carboxylic acids is 1. The van der Waals surface area contributed by atoms with Crippen LogP contribution in [0.25, 0.3) is 0 Å². The molecule has 0 aromatic heterocycles. The smallest absolute Gasteiger partial charge is 0.236 e. The molecule has 0 N–H and O–H groups in total. The molecule has 4 nitrogen and oxygen atoms in total. The molecule has 2 rings (SSSR count). The minimum Gasteiger partial charge on any atom is -0.344 e. The average molecular weight is 285 g/mol. The van der Waals surface area contributed by atoms with Crippen molar-refractivity contribution in [3.63, 3.8) is 0 Å². The molecule has 1 aliphatic rings. The lowest BCUT2D eigenvalue weighted by atomic mass is 10.0. The lowest BCUT2D eigenvalue weighted by Crippen LogP contribution is -2.41. The molecule has 0 aliphatic carbocycles. The Hall–Kier alpha value is -1.86. The quantitative estimate of drug-likeness (QED) is 0.804. The third-order valence-electron chi connectivity index (χ3n) is 4.14. The Labute approximate surface area is 127 Å². The van der Waals surface area contributed by atoms with Gasteiger partial charge in [0.1, 0.15) is 0 Å². The van der Waals surface area contributed by atoms with Crippen LogP contribution in [0.15, 0.2) is 30.3 Å². The minimum atomic E-state index is 0.116. The van der Waals surface area contributed by atoms with Crippen molar-refractivity contribution < 1.29 is 4.79 Å². The van der Waals surface area contributed by atoms with E-state index < -0.39 is 0 Å². The molecule has 1 aromatic carbocycles. The Morgan fingerprint density at radius 1 is 1.43 bits per heavy atom. The lowest BCUT2D eigenvalue weighted by molar-refractivity contribution is -0.131. The summed E-state index contributed by atoms with van der Waals surface area (Å²) in [5, 5.41) is 8.59. The van der Waals surface area contributed by atoms with Crippen molar-refractivity contribution >= 4 is 5.91 Å². The van der Waals surface area contributed by atoms with E-state index >= 15 is 0 Å². The summed E-state index contributed by atoms with van der Waals surface area (Å²) < 4.78 is 0. The second-order valence-corrected chi connectivity index (χ2v) is 5.68. The van der Waals surface area contributed by atoms with Gasteiger partial charge in [-0.05, 0) is 31.4 Å². The third kappa shape index (κ3) is 4.57. The van der Waals surface area contributed by atoms with Gasteiger partial charge >= 0.3 is 0 Å². The molecule has 1 fully saturated rings. The van der Waals surface area contributed by atoms with Crippen molar-refractivity contribution in [1.29, 1.82) is 5.26 Å². The van der Waals surface area contributed by atoms with E-state index in [1.54, 1.807) is 11.9 Å². The molecule has 0 bridgehead atoms. The number of nitrogens with zero attached hydrogens (tertiary/aromatic N) is 3. The number of hydrogen-bond acceptors (Lipinski definition) is 3. The number of amides is 1. The largest absolute Gasteiger partial charge is 0.344 e. The highest BCUT2D eigenvalue weighted by Gasteiger charge is 2.27. The van der Waals surface area contributed by atoms with Crippen LogP contribution >= 0.6 is 0 Å². The highest BCUT2D eigenvalue weighted by molar-refractivity contribution is 5.78. The van der Waals surface area contributed by atoms with Gasteiger partial charge in [0.05, 0.1) is 19.0 Å². The van der Waals surface area contributed by atoms with E-state index in [4.69, 9.17) is 5.26 Å². The van der Waals surface area contributed by atoms with Crippen molar-refractivity contribution in [2.24, 2.45) is 0 Å². The first-order valence-corrected chi connectivity index (χ1v) is 7.59. The number of nitriles is 1. The summed E-state index contributed by atoms with van der Waals surface area (Å²) in [6, 6.07) is 13.0. The predicted molar refractivity (Wildman–Crippen MR) is 82.6 cm³/mol. The fourth-order valence-electron chi connectivity index (χ4n) is 2.86. The standard InChI is InChI=1S/C17H23N3O/c1-19(11-6-10-18)17(21)14-20-12-5-9-16(20)13-15-7-3-2-4-8-15/h2-4,7-8,16H,5-6,9,11-14H2,1H3. The van der Waals surface area contributed by atoms with Gasteiger partial charge in [-0.1, -0.05) is 30.3 Å². The molecule has 21 heavy (non-hydrogen) atoms. The molecule has 1 unspecified atom stereocenters. The zero-order valence-corrected chi connectivity index (χ0v) is 12.7. The first-order chi connectivity index (χ1) is 10.2. The van der Waals surface area contributed by atoms with E-state index in [0.717, 1.165) is 25.8 Å². The number of hydrogen-bond donors (Lipinski definition) is 0. The Kier molecular flexibility index (Phi) is 5.77. The van der Waals surface area contributed by atoms with Gasteiger partial charge in [-0.3, -0.25) is 9.69 Å². The third-order valence-corrected chi connectivity index (χ3v) is 4.14. The van der Waals surface area contributed by atoms with E-state index in [1.165, 1.54) is 5.56 Å². The summed E-state index contributed by atoms with van der Waals surface area (Å²) in [6.07, 6.45) is 3.72. The maximum atomic E-state index is 12.2. The number of carbonyl (C=O) groups is 1. The van der Waals surface area contributed by atoms with Crippen LogP contribution in [0.3, 0.4) is 0 Å². The van der Waals surface area contributed by atoms with Crippen LogP contribution in [-0.2, 0) is 11.2 Å². The van der Waals surface area contributed by atoms with Gasteiger partial charge in [-0.25, -0.2) is 0 Å². The van der Waals surface area contributed by atoms with Gasteiger partial charge in [0, 0.05) is 19.6 Å². The van der Waals surface area contributed by atoms with Crippen molar-refractivity contribution in [2.45, 2.75) is 31.7 Å². The molecular weight excluding hydrogens is 262 g/mol. The Morgan fingerprint density at radius 2 is 2.19 bits per heavy atom. The van der Waals surface area contributed by atoms with Gasteiger partial charge in [-0.15, -0.1) is 0 Å². The fraction of sp³-hybridized carbons (Fsp3) is 0.529. The monoisotopic (exact) mass is 285 g/mol. The molecule has 0 spiro atoms. The highest BCUT2D eigenvalue weighted by Crippen LogP contribution is 2.21. The predicted octanol–water partition coefficient (Wildman–Crippen LogP) is 2.07. The lowest BCUT2D eigenvalue weighted by Gasteiger charge is -2.26. The number of likely N-dealkylation sites (N-methyl/N-ethyl adjacent to an activating group) is 1. The Bertz CT molecular complexity index is 495. The normalized spacial score (nSPS) is 18.4. The van der Waals surface area contributed by atoms with E-state index in [9.17, 15) is 4.79 Å². The SMILES string of the molecule is CN(CCC#N)C(=O)CN1CCCC1Cc1ccccc1. The maximum absolute atomic E-state index is 12.2. The summed E-state index contributed by atoms with van der Waals surface area (Å²) in [6.45, 7) is 1.99. The van der Waals surface area contributed by atoms with Crippen molar-refractivity contribution in [3.8, 4) is 6.07 Å². The summed E-state index contributed by atoms with van der Waals surface area (Å²) in [7, 11) is 1.78. The molecule has 1 aromatic rings. The maximum Gasteiger partial charge on any atom is 0.236 e. The molecule has 0 saturated carbocycles. The topological polar surface area (TPSA) is 47.3 Å². The van der Waals surface area contributed by atoms with Crippen molar-refractivity contribution in [2.75, 3.05) is 26.7 Å². The van der Waals surface area contributed by atoms with Crippen molar-refractivity contribution in [1.82, 2.24) is 9.80 Å². The Morgan fingerprint density at radius 3 is 2.90 bits per heavy atom. The molecule has 1 saturated heterocycles. The van der Waals surface area contributed by atoms with E-state index in [1.807, 2.05) is 6.07 Å². The molecule has 1 atom stereocenters. The van der Waals surface area contributed by atoms with Crippen LogP contribution in [0.5, 0.6) is 0 Å². The van der Waals surface area contributed by atoms with Crippen LogP contribution < -0.4 is 0 Å². The van der Waals surface area contributed by atoms with Crippen LogP contribution in [0.4, 0.5) is 0 Å². The first-order valence-electron chi connectivity index (χ1n) is 7.59. The van der Waals surface area contributed by atoms with E-state index in [0.29, 0.717) is 25.6 Å². The number of rotatable bonds is 6. The van der Waals surface area contributed by atoms with Crippen LogP contribution in [0.1, 0.15) is 24.8 Å². The van der Waals surface area contributed by atoms with Gasteiger partial charge in [0.15, 0.2) is 0 Å². The van der Waals surface area contributed by atoms with Gasteiger partial charge in [0.2, 0.25) is 5.91 Å². The van der Waals surface area contributed by atoms with Crippen LogP contribution in [-0.4, -0.2) is 48.4 Å². The summed E-state index contributed by atoms with van der Waals surface area (Å²) >= 11 is 0. The summed E-state index contributed by atoms with van der Waals surface area (Å²) in [4.78, 5) is 16.1. The first kappa shape index (κ1) is 15.5. The van der Waals surface area contributed by atoms with Crippen molar-refractivity contribution in [3.05, 3.63) is 35.9 Å². The van der Waals surface area contributed by atoms with E-state index in [-0.39, 0.29) is 5.91 Å². The number of benzene rings is 1. The zero-order chi connectivity index (χ0) is 15.1.